The van der Waals surface area contributed by atoms with Crippen LogP contribution in [-0.4, -0.2) is 34.7 Å². The Kier molecular flexibility index (Phi) is 18.2. The number of aliphatic carboxylic acids is 2. The van der Waals surface area contributed by atoms with E-state index in [1.54, 1.807) is 0 Å². The summed E-state index contributed by atoms with van der Waals surface area (Å²) in [4.78, 5) is 38.3. The van der Waals surface area contributed by atoms with Crippen molar-refractivity contribution in [2.45, 2.75) is 157 Å². The van der Waals surface area contributed by atoms with Crippen LogP contribution in [0.4, 0.5) is 0 Å². The number of carboxylic acid groups (broad SMARTS) is 2. The predicted octanol–water partition coefficient (Wildman–Crippen LogP) is 9.60. The van der Waals surface area contributed by atoms with Crippen molar-refractivity contribution in [1.29, 1.82) is 0 Å². The van der Waals surface area contributed by atoms with Gasteiger partial charge in [0.15, 0.2) is 0 Å². The number of rotatable bonds is 22. The average molecular weight is 579 g/mol. The lowest BCUT2D eigenvalue weighted by molar-refractivity contribution is -0.153. The summed E-state index contributed by atoms with van der Waals surface area (Å²) in [5.74, 6) is -1.06. The van der Waals surface area contributed by atoms with Gasteiger partial charge in [0.1, 0.15) is 0 Å². The molecule has 1 saturated carbocycles. The van der Waals surface area contributed by atoms with E-state index in [2.05, 4.69) is 27.7 Å². The van der Waals surface area contributed by atoms with Crippen molar-refractivity contribution in [3.05, 3.63) is 11.1 Å². The molecule has 0 spiro atoms. The molecule has 6 nitrogen and oxygen atoms in total. The summed E-state index contributed by atoms with van der Waals surface area (Å²) in [7, 11) is 0. The molecule has 0 unspecified atom stereocenters. The second-order valence-corrected chi connectivity index (χ2v) is 13.8. The second kappa shape index (κ2) is 20.1. The topological polar surface area (TPSA) is 101 Å². The highest BCUT2D eigenvalue weighted by molar-refractivity contribution is 5.92. The van der Waals surface area contributed by atoms with E-state index in [4.69, 9.17) is 4.74 Å². The molecule has 0 aliphatic heterocycles. The lowest BCUT2D eigenvalue weighted by Gasteiger charge is -2.39. The Morgan fingerprint density at radius 2 is 1.15 bits per heavy atom. The third kappa shape index (κ3) is 14.2. The highest BCUT2D eigenvalue weighted by atomic mass is 16.5. The number of unbranched alkanes of at least 4 members (excludes halogenated alkanes) is 8. The van der Waals surface area contributed by atoms with E-state index >= 15 is 0 Å². The van der Waals surface area contributed by atoms with Crippen LogP contribution in [0.3, 0.4) is 0 Å². The summed E-state index contributed by atoms with van der Waals surface area (Å²) in [5, 5.41) is 20.2. The first kappa shape index (κ1) is 37.2. The van der Waals surface area contributed by atoms with Gasteiger partial charge in [0.25, 0.3) is 0 Å². The zero-order chi connectivity index (χ0) is 30.8. The Labute approximate surface area is 251 Å². The highest BCUT2D eigenvalue weighted by Crippen LogP contribution is 2.48. The zero-order valence-corrected chi connectivity index (χ0v) is 27.3. The Morgan fingerprint density at radius 1 is 0.683 bits per heavy atom. The van der Waals surface area contributed by atoms with Gasteiger partial charge in [-0.2, -0.15) is 0 Å². The highest BCUT2D eigenvalue weighted by Gasteiger charge is 2.47. The fraction of sp³-hybridized carbons (Fsp3) is 0.857. The third-order valence-corrected chi connectivity index (χ3v) is 8.75. The molecule has 2 N–H and O–H groups in total. The molecule has 0 amide bonds. The molecular formula is C35H62O6. The fourth-order valence-corrected chi connectivity index (χ4v) is 6.16. The standard InChI is InChI=1S/C35H62O6/c1-26(2)17-13-9-7-11-15-19-30(33(38)41-25-28(5)6)31(20-16-12-8-10-14-18-27(3)4)35(34(39)40)23-21-29(22-24-35)32(36)37/h26-29H,7-25H2,1-6H3,(H,36,37)(H,39,40). The van der Waals surface area contributed by atoms with Crippen molar-refractivity contribution in [3.8, 4) is 0 Å². The summed E-state index contributed by atoms with van der Waals surface area (Å²) < 4.78 is 5.74. The average Bonchev–Trinajstić information content (AvgIpc) is 2.90. The number of carboxylic acids is 2. The van der Waals surface area contributed by atoms with Crippen molar-refractivity contribution in [1.82, 2.24) is 0 Å². The number of hydrogen-bond donors (Lipinski definition) is 2. The van der Waals surface area contributed by atoms with Gasteiger partial charge in [-0.15, -0.1) is 0 Å². The molecule has 0 bridgehead atoms. The Balaban J connectivity index is 3.21. The summed E-state index contributed by atoms with van der Waals surface area (Å²) in [6.45, 7) is 13.3. The maximum Gasteiger partial charge on any atom is 0.333 e. The minimum Gasteiger partial charge on any atom is -0.481 e. The first-order valence-corrected chi connectivity index (χ1v) is 16.8. The van der Waals surface area contributed by atoms with Gasteiger partial charge in [-0.25, -0.2) is 4.79 Å². The molecule has 1 aliphatic carbocycles. The number of esters is 1. The normalized spacial score (nSPS) is 20.0. The largest absolute Gasteiger partial charge is 0.481 e. The molecule has 0 aromatic rings. The van der Waals surface area contributed by atoms with E-state index in [-0.39, 0.29) is 24.7 Å². The van der Waals surface area contributed by atoms with Crippen LogP contribution in [-0.2, 0) is 19.1 Å². The fourth-order valence-electron chi connectivity index (χ4n) is 6.16. The van der Waals surface area contributed by atoms with Crippen molar-refractivity contribution >= 4 is 17.9 Å². The molecular weight excluding hydrogens is 516 g/mol. The first-order valence-electron chi connectivity index (χ1n) is 16.8. The number of carbonyl (C=O) groups is 3. The molecule has 0 radical (unpaired) electrons. The minimum absolute atomic E-state index is 0.190. The van der Waals surface area contributed by atoms with Gasteiger partial charge >= 0.3 is 17.9 Å². The predicted molar refractivity (Wildman–Crippen MR) is 167 cm³/mol. The monoisotopic (exact) mass is 578 g/mol. The van der Waals surface area contributed by atoms with E-state index in [0.717, 1.165) is 44.1 Å². The molecule has 1 fully saturated rings. The summed E-state index contributed by atoms with van der Waals surface area (Å²) in [6, 6.07) is 0. The van der Waals surface area contributed by atoms with Crippen molar-refractivity contribution in [3.63, 3.8) is 0 Å². The lowest BCUT2D eigenvalue weighted by Crippen LogP contribution is -2.40. The second-order valence-electron chi connectivity index (χ2n) is 13.8. The maximum absolute atomic E-state index is 13.6. The van der Waals surface area contributed by atoms with Gasteiger partial charge in [0.05, 0.1) is 17.9 Å². The molecule has 238 valence electrons. The van der Waals surface area contributed by atoms with Crippen LogP contribution in [0.2, 0.25) is 0 Å². The van der Waals surface area contributed by atoms with E-state index in [1.165, 1.54) is 38.5 Å². The maximum atomic E-state index is 13.6. The first-order chi connectivity index (χ1) is 19.4. The molecule has 0 aromatic carbocycles. The lowest BCUT2D eigenvalue weighted by atomic mass is 9.63. The van der Waals surface area contributed by atoms with Crippen LogP contribution >= 0.6 is 0 Å². The van der Waals surface area contributed by atoms with E-state index in [1.807, 2.05) is 13.8 Å². The van der Waals surface area contributed by atoms with Gasteiger partial charge in [-0.3, -0.25) is 9.59 Å². The molecule has 0 saturated heterocycles. The van der Waals surface area contributed by atoms with Crippen LogP contribution in [0, 0.1) is 29.1 Å². The molecule has 1 aliphatic rings. The van der Waals surface area contributed by atoms with Crippen LogP contribution in [0.5, 0.6) is 0 Å². The Bertz CT molecular complexity index is 801. The van der Waals surface area contributed by atoms with Gasteiger partial charge in [0.2, 0.25) is 0 Å². The van der Waals surface area contributed by atoms with E-state index in [9.17, 15) is 24.6 Å². The third-order valence-electron chi connectivity index (χ3n) is 8.75. The molecule has 0 atom stereocenters. The molecule has 41 heavy (non-hydrogen) atoms. The van der Waals surface area contributed by atoms with Crippen molar-refractivity contribution < 1.29 is 29.3 Å². The molecule has 1 rings (SSSR count). The number of hydrogen-bond acceptors (Lipinski definition) is 4. The van der Waals surface area contributed by atoms with Crippen molar-refractivity contribution in [2.75, 3.05) is 6.61 Å². The molecule has 6 heteroatoms. The number of carbonyl (C=O) groups excluding carboxylic acids is 1. The molecule has 0 heterocycles. The zero-order valence-electron chi connectivity index (χ0n) is 27.3. The SMILES string of the molecule is CC(C)CCCCCCCC(C(=O)OCC(C)C)=C(CCCCCCCC(C)C)C1(C(=O)O)CCC(C(=O)O)CC1. The van der Waals surface area contributed by atoms with Gasteiger partial charge in [0, 0.05) is 5.57 Å². The van der Waals surface area contributed by atoms with Gasteiger partial charge in [-0.05, 0) is 74.7 Å². The Morgan fingerprint density at radius 3 is 1.59 bits per heavy atom. The van der Waals surface area contributed by atoms with Crippen molar-refractivity contribution in [2.24, 2.45) is 29.1 Å². The van der Waals surface area contributed by atoms with Crippen LogP contribution in [0.25, 0.3) is 0 Å². The van der Waals surface area contributed by atoms with E-state index in [0.29, 0.717) is 49.7 Å². The van der Waals surface area contributed by atoms with Crippen LogP contribution in [0.15, 0.2) is 11.1 Å². The summed E-state index contributed by atoms with van der Waals surface area (Å²) in [5.41, 5.74) is 0.0981. The molecule has 0 aromatic heterocycles. The van der Waals surface area contributed by atoms with Crippen LogP contribution < -0.4 is 0 Å². The minimum atomic E-state index is -1.19. The van der Waals surface area contributed by atoms with Crippen LogP contribution in [0.1, 0.15) is 157 Å². The summed E-state index contributed by atoms with van der Waals surface area (Å²) >= 11 is 0. The summed E-state index contributed by atoms with van der Waals surface area (Å²) in [6.07, 6.45) is 15.4. The van der Waals surface area contributed by atoms with Gasteiger partial charge in [-0.1, -0.05) is 106 Å². The van der Waals surface area contributed by atoms with E-state index < -0.39 is 23.3 Å². The quantitative estimate of drug-likeness (QED) is 0.0753. The smallest absolute Gasteiger partial charge is 0.333 e. The number of ether oxygens (including phenoxy) is 1. The Hall–Kier alpha value is -1.85. The van der Waals surface area contributed by atoms with Gasteiger partial charge < -0.3 is 14.9 Å².